The van der Waals surface area contributed by atoms with Crippen molar-refractivity contribution >= 4 is 0 Å². The van der Waals surface area contributed by atoms with Gasteiger partial charge in [-0.15, -0.1) is 0 Å². The van der Waals surface area contributed by atoms with Crippen LogP contribution < -0.4 is 0 Å². The molecule has 0 atom stereocenters. The monoisotopic (exact) mass is 217 g/mol. The van der Waals surface area contributed by atoms with Crippen LogP contribution >= 0.6 is 0 Å². The number of halogens is 2. The van der Waals surface area contributed by atoms with Gasteiger partial charge in [-0.3, -0.25) is 0 Å². The number of nitriles is 1. The molecular weight excluding hydrogens is 212 g/mol. The summed E-state index contributed by atoms with van der Waals surface area (Å²) in [7, 11) is 0. The summed E-state index contributed by atoms with van der Waals surface area (Å²) in [5.41, 5.74) is 0.0154. The number of nitrogens with zero attached hydrogens (tertiary/aromatic N) is 3. The maximum atomic E-state index is 13.4. The summed E-state index contributed by atoms with van der Waals surface area (Å²) < 4.78 is 26.7. The zero-order valence-electron chi connectivity index (χ0n) is 7.98. The van der Waals surface area contributed by atoms with Gasteiger partial charge in [0.05, 0.1) is 5.56 Å². The summed E-state index contributed by atoms with van der Waals surface area (Å²) in [4.78, 5) is 7.30. The predicted octanol–water partition coefficient (Wildman–Crippen LogP) is 2.29. The Kier molecular flexibility index (Phi) is 2.56. The topological polar surface area (TPSA) is 49.6 Å². The molecule has 0 aliphatic rings. The first-order valence-corrected chi connectivity index (χ1v) is 4.39. The molecule has 0 unspecified atom stereocenters. The Morgan fingerprint density at radius 3 is 2.12 bits per heavy atom. The molecule has 1 aromatic heterocycles. The van der Waals surface area contributed by atoms with E-state index >= 15 is 0 Å². The molecule has 5 heteroatoms. The third kappa shape index (κ3) is 1.73. The highest BCUT2D eigenvalue weighted by atomic mass is 19.1. The Bertz CT molecular complexity index is 538. The SMILES string of the molecule is N#Cc1ncc(-c2c(F)cccc2F)cn1. The van der Waals surface area contributed by atoms with Crippen LogP contribution in [0.3, 0.4) is 0 Å². The Balaban J connectivity index is 2.55. The van der Waals surface area contributed by atoms with Crippen LogP contribution in [0, 0.1) is 23.0 Å². The highest BCUT2D eigenvalue weighted by molar-refractivity contribution is 5.63. The first-order chi connectivity index (χ1) is 7.72. The lowest BCUT2D eigenvalue weighted by Crippen LogP contribution is -1.93. The van der Waals surface area contributed by atoms with E-state index in [0.29, 0.717) is 0 Å². The Morgan fingerprint density at radius 1 is 1.06 bits per heavy atom. The van der Waals surface area contributed by atoms with Gasteiger partial charge in [0.2, 0.25) is 5.82 Å². The molecule has 0 saturated heterocycles. The van der Waals surface area contributed by atoms with Gasteiger partial charge < -0.3 is 0 Å². The van der Waals surface area contributed by atoms with Crippen LogP contribution in [-0.4, -0.2) is 9.97 Å². The Hall–Kier alpha value is -2.35. The van der Waals surface area contributed by atoms with E-state index in [9.17, 15) is 8.78 Å². The molecule has 16 heavy (non-hydrogen) atoms. The van der Waals surface area contributed by atoms with Gasteiger partial charge in [0.1, 0.15) is 17.7 Å². The minimum atomic E-state index is -0.687. The fourth-order valence-corrected chi connectivity index (χ4v) is 1.29. The molecule has 1 heterocycles. The maximum Gasteiger partial charge on any atom is 0.232 e. The molecule has 0 aliphatic heterocycles. The van der Waals surface area contributed by atoms with Crippen LogP contribution in [0.25, 0.3) is 11.1 Å². The molecule has 1 aromatic carbocycles. The molecule has 0 bridgehead atoms. The third-order valence-electron chi connectivity index (χ3n) is 2.00. The smallest absolute Gasteiger partial charge is 0.227 e. The van der Waals surface area contributed by atoms with E-state index in [2.05, 4.69) is 9.97 Å². The first kappa shape index (κ1) is 10.2. The quantitative estimate of drug-likeness (QED) is 0.736. The summed E-state index contributed by atoms with van der Waals surface area (Å²) in [6, 6.07) is 5.30. The maximum absolute atomic E-state index is 13.4. The average Bonchev–Trinajstić information content (AvgIpc) is 2.30. The first-order valence-electron chi connectivity index (χ1n) is 4.39. The Morgan fingerprint density at radius 2 is 1.62 bits per heavy atom. The summed E-state index contributed by atoms with van der Waals surface area (Å²) in [5.74, 6) is -1.41. The summed E-state index contributed by atoms with van der Waals surface area (Å²) >= 11 is 0. The normalized spacial score (nSPS) is 9.81. The molecule has 3 nitrogen and oxygen atoms in total. The Labute approximate surface area is 90.0 Å². The van der Waals surface area contributed by atoms with Crippen molar-refractivity contribution in [3.63, 3.8) is 0 Å². The molecule has 2 rings (SSSR count). The summed E-state index contributed by atoms with van der Waals surface area (Å²) in [6.45, 7) is 0. The van der Waals surface area contributed by atoms with Crippen LogP contribution in [0.2, 0.25) is 0 Å². The number of rotatable bonds is 1. The minimum Gasteiger partial charge on any atom is -0.227 e. The lowest BCUT2D eigenvalue weighted by atomic mass is 10.1. The standard InChI is InChI=1S/C11H5F2N3/c12-8-2-1-3-9(13)11(8)7-5-15-10(4-14)16-6-7/h1-3,5-6H. The van der Waals surface area contributed by atoms with Crippen LogP contribution in [0.15, 0.2) is 30.6 Å². The van der Waals surface area contributed by atoms with Gasteiger partial charge in [-0.05, 0) is 12.1 Å². The zero-order chi connectivity index (χ0) is 11.5. The van der Waals surface area contributed by atoms with Gasteiger partial charge >= 0.3 is 0 Å². The van der Waals surface area contributed by atoms with Crippen molar-refractivity contribution in [3.8, 4) is 17.2 Å². The molecule has 0 aliphatic carbocycles. The lowest BCUT2D eigenvalue weighted by molar-refractivity contribution is 0.589. The molecule has 0 saturated carbocycles. The second-order valence-corrected chi connectivity index (χ2v) is 3.00. The fourth-order valence-electron chi connectivity index (χ4n) is 1.29. The largest absolute Gasteiger partial charge is 0.232 e. The lowest BCUT2D eigenvalue weighted by Gasteiger charge is -2.03. The highest BCUT2D eigenvalue weighted by Gasteiger charge is 2.11. The van der Waals surface area contributed by atoms with Crippen molar-refractivity contribution < 1.29 is 8.78 Å². The van der Waals surface area contributed by atoms with E-state index < -0.39 is 11.6 Å². The van der Waals surface area contributed by atoms with Gasteiger partial charge in [0, 0.05) is 18.0 Å². The highest BCUT2D eigenvalue weighted by Crippen LogP contribution is 2.24. The molecular formula is C11H5F2N3. The van der Waals surface area contributed by atoms with E-state index in [0.717, 1.165) is 12.1 Å². The summed E-state index contributed by atoms with van der Waals surface area (Å²) in [5, 5.41) is 8.49. The van der Waals surface area contributed by atoms with Crippen LogP contribution in [0.1, 0.15) is 5.82 Å². The number of aromatic nitrogens is 2. The van der Waals surface area contributed by atoms with Gasteiger partial charge in [-0.25, -0.2) is 18.7 Å². The molecule has 2 aromatic rings. The fraction of sp³-hybridized carbons (Fsp3) is 0. The van der Waals surface area contributed by atoms with Gasteiger partial charge in [-0.2, -0.15) is 5.26 Å². The average molecular weight is 217 g/mol. The molecule has 0 spiro atoms. The van der Waals surface area contributed by atoms with Gasteiger partial charge in [0.25, 0.3) is 0 Å². The van der Waals surface area contributed by atoms with Gasteiger partial charge in [0.15, 0.2) is 0 Å². The van der Waals surface area contributed by atoms with E-state index in [1.54, 1.807) is 6.07 Å². The van der Waals surface area contributed by atoms with Crippen molar-refractivity contribution in [3.05, 3.63) is 48.1 Å². The predicted molar refractivity (Wildman–Crippen MR) is 52.1 cm³/mol. The molecule has 0 N–H and O–H groups in total. The van der Waals surface area contributed by atoms with Crippen molar-refractivity contribution in [2.45, 2.75) is 0 Å². The zero-order valence-corrected chi connectivity index (χ0v) is 7.98. The van der Waals surface area contributed by atoms with E-state index in [1.165, 1.54) is 18.5 Å². The third-order valence-corrected chi connectivity index (χ3v) is 2.00. The molecule has 0 fully saturated rings. The van der Waals surface area contributed by atoms with Crippen molar-refractivity contribution in [1.29, 1.82) is 5.26 Å². The van der Waals surface area contributed by atoms with Gasteiger partial charge in [-0.1, -0.05) is 6.07 Å². The van der Waals surface area contributed by atoms with Crippen molar-refractivity contribution in [2.75, 3.05) is 0 Å². The summed E-state index contributed by atoms with van der Waals surface area (Å²) in [6.07, 6.45) is 2.43. The molecule has 78 valence electrons. The number of hydrogen-bond donors (Lipinski definition) is 0. The van der Waals surface area contributed by atoms with Crippen LogP contribution in [-0.2, 0) is 0 Å². The van der Waals surface area contributed by atoms with E-state index in [-0.39, 0.29) is 17.0 Å². The van der Waals surface area contributed by atoms with Crippen molar-refractivity contribution in [2.24, 2.45) is 0 Å². The van der Waals surface area contributed by atoms with Crippen molar-refractivity contribution in [1.82, 2.24) is 9.97 Å². The van der Waals surface area contributed by atoms with E-state index in [4.69, 9.17) is 5.26 Å². The minimum absolute atomic E-state index is 0.0412. The number of benzene rings is 1. The molecule has 0 radical (unpaired) electrons. The van der Waals surface area contributed by atoms with Crippen LogP contribution in [0.4, 0.5) is 8.78 Å². The second-order valence-electron chi connectivity index (χ2n) is 3.00. The molecule has 0 amide bonds. The van der Waals surface area contributed by atoms with E-state index in [1.807, 2.05) is 0 Å². The van der Waals surface area contributed by atoms with Crippen LogP contribution in [0.5, 0.6) is 0 Å². The number of hydrogen-bond acceptors (Lipinski definition) is 3. The second kappa shape index (κ2) is 4.03.